The summed E-state index contributed by atoms with van der Waals surface area (Å²) in [4.78, 5) is 5.88. The molecule has 0 aromatic carbocycles. The van der Waals surface area contributed by atoms with E-state index in [0.29, 0.717) is 18.0 Å². The minimum atomic E-state index is -3.31. The zero-order valence-corrected chi connectivity index (χ0v) is 13.2. The van der Waals surface area contributed by atoms with Crippen LogP contribution in [-0.2, 0) is 10.0 Å². The number of hydrogen-bond acceptors (Lipinski definition) is 3. The Bertz CT molecular complexity index is 557. The van der Waals surface area contributed by atoms with Crippen LogP contribution in [0.15, 0.2) is 23.2 Å². The Kier molecular flexibility index (Phi) is 4.45. The van der Waals surface area contributed by atoms with Gasteiger partial charge in [-0.25, -0.2) is 13.4 Å². The molecule has 0 atom stereocenters. The van der Waals surface area contributed by atoms with Crippen molar-refractivity contribution in [2.24, 2.45) is 0 Å². The van der Waals surface area contributed by atoms with Crippen molar-refractivity contribution in [3.63, 3.8) is 0 Å². The summed E-state index contributed by atoms with van der Waals surface area (Å²) in [5.41, 5.74) is 0. The van der Waals surface area contributed by atoms with Gasteiger partial charge >= 0.3 is 0 Å². The molecule has 0 unspecified atom stereocenters. The monoisotopic (exact) mass is 310 g/mol. The molecule has 2 fully saturated rings. The molecular weight excluding hydrogens is 286 g/mol. The van der Waals surface area contributed by atoms with Gasteiger partial charge in [0, 0.05) is 19.2 Å². The van der Waals surface area contributed by atoms with Crippen LogP contribution in [0.25, 0.3) is 0 Å². The molecule has 6 heteroatoms. The van der Waals surface area contributed by atoms with Gasteiger partial charge in [-0.15, -0.1) is 0 Å². The van der Waals surface area contributed by atoms with Crippen molar-refractivity contribution in [1.29, 1.82) is 0 Å². The Morgan fingerprint density at radius 3 is 2.05 bits per heavy atom. The average molecular weight is 310 g/mol. The van der Waals surface area contributed by atoms with Crippen LogP contribution in [0.2, 0.25) is 0 Å². The maximum atomic E-state index is 12.5. The van der Waals surface area contributed by atoms with E-state index in [1.54, 1.807) is 16.6 Å². The van der Waals surface area contributed by atoms with Crippen molar-refractivity contribution in [2.75, 3.05) is 31.1 Å². The van der Waals surface area contributed by atoms with Crippen LogP contribution in [0.1, 0.15) is 38.5 Å². The van der Waals surface area contributed by atoms with Gasteiger partial charge in [0.1, 0.15) is 11.1 Å². The van der Waals surface area contributed by atoms with E-state index in [9.17, 15) is 8.42 Å². The number of H-pyrrole nitrogens is 1. The minimum Gasteiger partial charge on any atom is -0.262 e. The summed E-state index contributed by atoms with van der Waals surface area (Å²) >= 11 is 0. The highest BCUT2D eigenvalue weighted by atomic mass is 32.2. The van der Waals surface area contributed by atoms with Gasteiger partial charge in [0.05, 0.1) is 13.1 Å². The molecule has 2 aliphatic rings. The van der Waals surface area contributed by atoms with E-state index in [2.05, 4.69) is 9.88 Å². The standard InChI is InChI=1S/C15H23N3O2S/c19-21(20,18-11-5-6-12-18)14-7-8-15(16-13-14)17-9-3-1-2-4-10-17/h7-8,13H,1-6,9-12H2/p+1. The second-order valence-electron chi connectivity index (χ2n) is 5.92. The molecule has 3 rings (SSSR count). The molecule has 1 aromatic rings. The maximum Gasteiger partial charge on any atom is 0.274 e. The lowest BCUT2D eigenvalue weighted by molar-refractivity contribution is -0.367. The van der Waals surface area contributed by atoms with Gasteiger partial charge in [0.2, 0.25) is 10.0 Å². The van der Waals surface area contributed by atoms with Gasteiger partial charge in [-0.1, -0.05) is 0 Å². The maximum absolute atomic E-state index is 12.5. The fraction of sp³-hybridized carbons (Fsp3) is 0.667. The molecule has 21 heavy (non-hydrogen) atoms. The normalized spacial score (nSPS) is 21.4. The summed E-state index contributed by atoms with van der Waals surface area (Å²) in [6, 6.07) is 3.65. The quantitative estimate of drug-likeness (QED) is 0.853. The summed E-state index contributed by atoms with van der Waals surface area (Å²) < 4.78 is 26.5. The third-order valence-corrected chi connectivity index (χ3v) is 6.31. The van der Waals surface area contributed by atoms with E-state index in [-0.39, 0.29) is 0 Å². The summed E-state index contributed by atoms with van der Waals surface area (Å²) in [7, 11) is -3.31. The van der Waals surface area contributed by atoms with Crippen molar-refractivity contribution >= 4 is 15.8 Å². The SMILES string of the molecule is O=S(=O)(c1ccc(N2CCCCCC2)[nH+]c1)N1CCCC1. The first kappa shape index (κ1) is 14.8. The largest absolute Gasteiger partial charge is 0.274 e. The fourth-order valence-corrected chi connectivity index (χ4v) is 4.63. The second-order valence-corrected chi connectivity index (χ2v) is 7.86. The molecule has 0 spiro atoms. The van der Waals surface area contributed by atoms with E-state index in [1.165, 1.54) is 25.7 Å². The number of rotatable bonds is 3. The number of pyridine rings is 1. The predicted molar refractivity (Wildman–Crippen MR) is 81.7 cm³/mol. The Morgan fingerprint density at radius 2 is 1.48 bits per heavy atom. The molecule has 0 radical (unpaired) electrons. The number of nitrogens with one attached hydrogen (secondary N) is 1. The van der Waals surface area contributed by atoms with Crippen molar-refractivity contribution < 1.29 is 13.4 Å². The topological polar surface area (TPSA) is 54.8 Å². The van der Waals surface area contributed by atoms with Crippen molar-refractivity contribution in [2.45, 2.75) is 43.4 Å². The van der Waals surface area contributed by atoms with Crippen LogP contribution < -0.4 is 9.88 Å². The molecule has 0 saturated carbocycles. The van der Waals surface area contributed by atoms with E-state index in [4.69, 9.17) is 0 Å². The highest BCUT2D eigenvalue weighted by molar-refractivity contribution is 7.89. The summed E-state index contributed by atoms with van der Waals surface area (Å²) in [5.74, 6) is 1.03. The lowest BCUT2D eigenvalue weighted by Gasteiger charge is -2.16. The van der Waals surface area contributed by atoms with Crippen LogP contribution in [0.4, 0.5) is 5.82 Å². The van der Waals surface area contributed by atoms with Crippen LogP contribution in [0.3, 0.4) is 0 Å². The van der Waals surface area contributed by atoms with Gasteiger partial charge < -0.3 is 0 Å². The van der Waals surface area contributed by atoms with Crippen LogP contribution >= 0.6 is 0 Å². The summed E-state index contributed by atoms with van der Waals surface area (Å²) in [6.45, 7) is 3.40. The fourth-order valence-electron chi connectivity index (χ4n) is 3.15. The first-order valence-electron chi connectivity index (χ1n) is 7.95. The highest BCUT2D eigenvalue weighted by Gasteiger charge is 2.28. The third-order valence-electron chi connectivity index (χ3n) is 4.42. The number of aromatic amines is 1. The number of nitrogens with zero attached hydrogens (tertiary/aromatic N) is 2. The van der Waals surface area contributed by atoms with Crippen LogP contribution in [0, 0.1) is 0 Å². The molecule has 3 heterocycles. The van der Waals surface area contributed by atoms with Gasteiger partial charge in [0.25, 0.3) is 5.82 Å². The van der Waals surface area contributed by atoms with E-state index >= 15 is 0 Å². The minimum absolute atomic E-state index is 0.378. The van der Waals surface area contributed by atoms with Gasteiger partial charge in [-0.3, -0.25) is 4.90 Å². The number of sulfonamides is 1. The van der Waals surface area contributed by atoms with Crippen molar-refractivity contribution in [3.8, 4) is 0 Å². The Balaban J connectivity index is 1.77. The Labute approximate surface area is 127 Å². The predicted octanol–water partition coefficient (Wildman–Crippen LogP) is 1.67. The lowest BCUT2D eigenvalue weighted by atomic mass is 10.2. The zero-order valence-electron chi connectivity index (χ0n) is 12.4. The molecule has 2 aliphatic heterocycles. The number of aromatic nitrogens is 1. The van der Waals surface area contributed by atoms with Crippen LogP contribution in [0.5, 0.6) is 0 Å². The smallest absolute Gasteiger partial charge is 0.262 e. The lowest BCUT2D eigenvalue weighted by Crippen LogP contribution is -2.32. The molecule has 1 N–H and O–H groups in total. The van der Waals surface area contributed by atoms with Gasteiger partial charge in [-0.05, 0) is 44.6 Å². The van der Waals surface area contributed by atoms with E-state index in [1.807, 2.05) is 6.07 Å². The number of hydrogen-bond donors (Lipinski definition) is 0. The summed E-state index contributed by atoms with van der Waals surface area (Å²) in [5, 5.41) is 0. The molecule has 0 aliphatic carbocycles. The highest BCUT2D eigenvalue weighted by Crippen LogP contribution is 2.21. The Morgan fingerprint density at radius 1 is 0.857 bits per heavy atom. The Hall–Kier alpha value is -1.14. The van der Waals surface area contributed by atoms with Crippen molar-refractivity contribution in [3.05, 3.63) is 18.3 Å². The summed E-state index contributed by atoms with van der Waals surface area (Å²) in [6.07, 6.45) is 8.58. The first-order valence-corrected chi connectivity index (χ1v) is 9.39. The second kappa shape index (κ2) is 6.32. The molecule has 0 amide bonds. The molecule has 0 bridgehead atoms. The first-order chi connectivity index (χ1) is 10.2. The molecule has 5 nitrogen and oxygen atoms in total. The van der Waals surface area contributed by atoms with E-state index in [0.717, 1.165) is 31.7 Å². The zero-order chi connectivity index (χ0) is 14.7. The molecular formula is C15H24N3O2S+. The van der Waals surface area contributed by atoms with E-state index < -0.39 is 10.0 Å². The van der Waals surface area contributed by atoms with Gasteiger partial charge in [0.15, 0.2) is 0 Å². The molecule has 116 valence electrons. The van der Waals surface area contributed by atoms with Crippen molar-refractivity contribution in [1.82, 2.24) is 4.31 Å². The average Bonchev–Trinajstić information content (AvgIpc) is 2.91. The molecule has 2 saturated heterocycles. The van der Waals surface area contributed by atoms with Gasteiger partial charge in [-0.2, -0.15) is 4.31 Å². The third kappa shape index (κ3) is 3.21. The van der Waals surface area contributed by atoms with Crippen LogP contribution in [-0.4, -0.2) is 38.9 Å². The number of anilines is 1. The molecule has 1 aromatic heterocycles.